The number of ether oxygens (including phenoxy) is 3. The van der Waals surface area contributed by atoms with Gasteiger partial charge in [-0.3, -0.25) is 0 Å². The van der Waals surface area contributed by atoms with Crippen molar-refractivity contribution in [3.63, 3.8) is 0 Å². The molecule has 0 atom stereocenters. The van der Waals surface area contributed by atoms with Crippen LogP contribution >= 0.6 is 30.0 Å². The second-order valence-corrected chi connectivity index (χ2v) is 24.0. The number of halogens is 12. The summed E-state index contributed by atoms with van der Waals surface area (Å²) in [6, 6.07) is 5.67. The first-order valence-electron chi connectivity index (χ1n) is 11.1. The standard InChI is InChI=1S/C25H18Cl3F9GeO3/c1-39-19-7-4-13(23(29,30)31)10-16(19)22(38(26,27)28,17-11-14(24(32,33)34)5-8-20(17)40-2)18-12-15(25(35,36)37)6-9-21(18)41-3/h4-12H,1-3H3. The Morgan fingerprint density at radius 3 is 0.902 bits per heavy atom. The summed E-state index contributed by atoms with van der Waals surface area (Å²) in [6.45, 7) is 0. The molecule has 41 heavy (non-hydrogen) atoms. The third-order valence-corrected chi connectivity index (χ3v) is 14.1. The SMILES string of the molecule is COc1ccc(C(F)(F)F)cc1[C](c1cc(C(F)(F)F)ccc1OC)(c1cc(C(F)(F)F)ccc1OC)[Ge]([Cl])([Cl])[Cl]. The number of hydrogen-bond acceptors (Lipinski definition) is 3. The monoisotopic (exact) mass is 716 g/mol. The van der Waals surface area contributed by atoms with E-state index in [4.69, 9.17) is 44.2 Å². The van der Waals surface area contributed by atoms with Gasteiger partial charge in [0.2, 0.25) is 0 Å². The van der Waals surface area contributed by atoms with E-state index in [-0.39, 0.29) is 0 Å². The van der Waals surface area contributed by atoms with Crippen molar-refractivity contribution in [1.82, 2.24) is 0 Å². The van der Waals surface area contributed by atoms with E-state index in [1.165, 1.54) is 0 Å². The number of alkyl halides is 9. The van der Waals surface area contributed by atoms with Crippen LogP contribution in [0.3, 0.4) is 0 Å². The van der Waals surface area contributed by atoms with Crippen LogP contribution in [-0.2, 0) is 22.8 Å². The van der Waals surface area contributed by atoms with Gasteiger partial charge in [-0.25, -0.2) is 0 Å². The summed E-state index contributed by atoms with van der Waals surface area (Å²) in [5, 5.41) is 0. The molecule has 0 bridgehead atoms. The molecule has 224 valence electrons. The zero-order valence-electron chi connectivity index (χ0n) is 21.0. The van der Waals surface area contributed by atoms with E-state index in [9.17, 15) is 39.5 Å². The molecule has 16 heteroatoms. The Labute approximate surface area is 243 Å². The molecule has 0 radical (unpaired) electrons. The van der Waals surface area contributed by atoms with E-state index in [1.54, 1.807) is 0 Å². The fraction of sp³-hybridized carbons (Fsp3) is 0.280. The van der Waals surface area contributed by atoms with Gasteiger partial charge in [0, 0.05) is 0 Å². The Morgan fingerprint density at radius 1 is 0.488 bits per heavy atom. The van der Waals surface area contributed by atoms with E-state index >= 15 is 0 Å². The van der Waals surface area contributed by atoms with Crippen molar-refractivity contribution in [1.29, 1.82) is 0 Å². The van der Waals surface area contributed by atoms with Crippen molar-refractivity contribution in [3.05, 3.63) is 88.0 Å². The molecule has 0 aromatic heterocycles. The first-order chi connectivity index (χ1) is 18.7. The van der Waals surface area contributed by atoms with Gasteiger partial charge in [0.25, 0.3) is 0 Å². The van der Waals surface area contributed by atoms with E-state index in [1.807, 2.05) is 0 Å². The number of rotatable bonds is 7. The first-order valence-corrected chi connectivity index (χ1v) is 20.4. The van der Waals surface area contributed by atoms with Crippen molar-refractivity contribution in [2.45, 2.75) is 22.8 Å². The van der Waals surface area contributed by atoms with Crippen LogP contribution in [0.25, 0.3) is 0 Å². The average molecular weight is 716 g/mol. The predicted molar refractivity (Wildman–Crippen MR) is 137 cm³/mol. The van der Waals surface area contributed by atoms with Crippen molar-refractivity contribution in [3.8, 4) is 17.2 Å². The minimum absolute atomic E-state index is 0.422. The van der Waals surface area contributed by atoms with Crippen LogP contribution in [0, 0.1) is 0 Å². The summed E-state index contributed by atoms with van der Waals surface area (Å²) < 4.78 is 139. The van der Waals surface area contributed by atoms with Crippen LogP contribution in [0.1, 0.15) is 33.4 Å². The zero-order valence-corrected chi connectivity index (χ0v) is 25.3. The molecule has 0 spiro atoms. The van der Waals surface area contributed by atoms with Crippen molar-refractivity contribution < 1.29 is 53.7 Å². The Hall–Kier alpha value is -2.16. The van der Waals surface area contributed by atoms with Gasteiger partial charge in [-0.1, -0.05) is 0 Å². The summed E-state index contributed by atoms with van der Waals surface area (Å²) in [7, 11) is 17.4. The van der Waals surface area contributed by atoms with Crippen molar-refractivity contribution in [2.75, 3.05) is 21.3 Å². The Balaban J connectivity index is 2.79. The minimum atomic E-state index is -5.65. The molecule has 3 aromatic rings. The third kappa shape index (κ3) is 6.30. The van der Waals surface area contributed by atoms with Crippen LogP contribution in [0.15, 0.2) is 54.6 Å². The molecule has 0 amide bonds. The predicted octanol–water partition coefficient (Wildman–Crippen LogP) is 9.30. The molecule has 0 unspecified atom stereocenters. The Morgan fingerprint density at radius 2 is 0.732 bits per heavy atom. The third-order valence-electron chi connectivity index (χ3n) is 6.22. The molecule has 0 heterocycles. The molecule has 0 aliphatic carbocycles. The fourth-order valence-corrected chi connectivity index (χ4v) is 12.3. The van der Waals surface area contributed by atoms with Crippen LogP contribution in [0.2, 0.25) is 0 Å². The van der Waals surface area contributed by atoms with Gasteiger partial charge in [0.05, 0.1) is 0 Å². The van der Waals surface area contributed by atoms with Gasteiger partial charge >= 0.3 is 244 Å². The molecule has 3 nitrogen and oxygen atoms in total. The van der Waals surface area contributed by atoms with Gasteiger partial charge in [-0.05, 0) is 0 Å². The topological polar surface area (TPSA) is 27.7 Å². The molecular formula is C25H18Cl3F9GeO3. The maximum absolute atomic E-state index is 14.0. The van der Waals surface area contributed by atoms with E-state index in [2.05, 4.69) is 0 Å². The van der Waals surface area contributed by atoms with E-state index in [0.29, 0.717) is 36.4 Å². The average Bonchev–Trinajstić information content (AvgIpc) is 2.86. The first kappa shape index (κ1) is 33.3. The second-order valence-electron chi connectivity index (χ2n) is 8.49. The summed E-state index contributed by atoms with van der Waals surface area (Å²) in [5.41, 5.74) is -6.01. The molecule has 0 aliphatic heterocycles. The molecule has 0 fully saturated rings. The summed E-state index contributed by atoms with van der Waals surface area (Å²) in [4.78, 5) is 0. The van der Waals surface area contributed by atoms with Crippen LogP contribution in [0.4, 0.5) is 39.5 Å². The normalized spacial score (nSPS) is 13.2. The Kier molecular flexibility index (Phi) is 9.35. The number of hydrogen-bond donors (Lipinski definition) is 0. The maximum atomic E-state index is 14.0. The van der Waals surface area contributed by atoms with Crippen LogP contribution in [-0.4, -0.2) is 31.8 Å². The van der Waals surface area contributed by atoms with E-state index in [0.717, 1.165) is 39.5 Å². The summed E-state index contributed by atoms with van der Waals surface area (Å²) >= 11 is 0. The molecule has 0 aliphatic rings. The van der Waals surface area contributed by atoms with Gasteiger partial charge in [-0.15, -0.1) is 0 Å². The molecule has 0 N–H and O–H groups in total. The summed E-state index contributed by atoms with van der Waals surface area (Å²) in [6.07, 6.45) is -15.1. The molecule has 3 aromatic carbocycles. The van der Waals surface area contributed by atoms with E-state index < -0.39 is 83.9 Å². The molecular weight excluding hydrogens is 698 g/mol. The van der Waals surface area contributed by atoms with Gasteiger partial charge in [0.15, 0.2) is 0 Å². The number of methoxy groups -OCH3 is 3. The quantitative estimate of drug-likeness (QED) is 0.139. The van der Waals surface area contributed by atoms with Crippen LogP contribution < -0.4 is 14.2 Å². The van der Waals surface area contributed by atoms with Gasteiger partial charge in [0.1, 0.15) is 0 Å². The zero-order chi connectivity index (χ0) is 31.2. The van der Waals surface area contributed by atoms with Crippen LogP contribution in [0.5, 0.6) is 17.2 Å². The Bertz CT molecular complexity index is 1260. The fourth-order valence-electron chi connectivity index (χ4n) is 4.43. The summed E-state index contributed by atoms with van der Waals surface area (Å²) in [5.74, 6) is -1.27. The molecule has 3 rings (SSSR count). The van der Waals surface area contributed by atoms with Crippen molar-refractivity contribution >= 4 is 40.5 Å². The van der Waals surface area contributed by atoms with Gasteiger partial charge in [-0.2, -0.15) is 0 Å². The molecule has 0 saturated heterocycles. The number of benzene rings is 3. The molecule has 0 saturated carbocycles. The van der Waals surface area contributed by atoms with Gasteiger partial charge < -0.3 is 0 Å². The second kappa shape index (κ2) is 11.5. The van der Waals surface area contributed by atoms with Crippen molar-refractivity contribution in [2.24, 2.45) is 0 Å².